The van der Waals surface area contributed by atoms with E-state index in [2.05, 4.69) is 52.0 Å². The van der Waals surface area contributed by atoms with Gasteiger partial charge in [-0.3, -0.25) is 0 Å². The fraction of sp³-hybridized carbons (Fsp3) is 0.250. The van der Waals surface area contributed by atoms with Crippen LogP contribution >= 0.6 is 16.1 Å². The summed E-state index contributed by atoms with van der Waals surface area (Å²) < 4.78 is 2.71. The summed E-state index contributed by atoms with van der Waals surface area (Å²) in [5.41, 5.74) is 6.57. The minimum Gasteiger partial charge on any atom is -0.311 e. The van der Waals surface area contributed by atoms with Crippen LogP contribution in [0.25, 0.3) is 0 Å². The molecule has 0 saturated heterocycles. The number of rotatable bonds is 2. The van der Waals surface area contributed by atoms with Crippen molar-refractivity contribution in [1.29, 1.82) is 0 Å². The molecule has 0 saturated carbocycles. The number of hydrogen-bond acceptors (Lipinski definition) is 2. The molecule has 2 nitrogen and oxygen atoms in total. The quantitative estimate of drug-likeness (QED) is 0.585. The maximum Gasteiger partial charge on any atom is 0.0525 e. The molecule has 1 aromatic rings. The maximum absolute atomic E-state index is 3.08. The van der Waals surface area contributed by atoms with Gasteiger partial charge in [0.05, 0.1) is 5.69 Å². The van der Waals surface area contributed by atoms with E-state index in [1.54, 1.807) is 0 Å². The van der Waals surface area contributed by atoms with E-state index in [1.165, 1.54) is 11.1 Å². The van der Waals surface area contributed by atoms with E-state index >= 15 is 0 Å². The van der Waals surface area contributed by atoms with Crippen LogP contribution in [0.2, 0.25) is 0 Å². The van der Waals surface area contributed by atoms with Crippen molar-refractivity contribution in [3.8, 4) is 0 Å². The zero-order valence-electron chi connectivity index (χ0n) is 6.61. The van der Waals surface area contributed by atoms with Crippen LogP contribution in [0, 0.1) is 13.8 Å². The van der Waals surface area contributed by atoms with Gasteiger partial charge in [-0.15, -0.1) is 0 Å². The first-order valence-corrected chi connectivity index (χ1v) is 4.22. The van der Waals surface area contributed by atoms with Gasteiger partial charge in [0.1, 0.15) is 0 Å². The average Bonchev–Trinajstić information content (AvgIpc) is 1.95. The summed E-state index contributed by atoms with van der Waals surface area (Å²) in [6, 6.07) is 6.24. The Bertz CT molecular complexity index is 248. The van der Waals surface area contributed by atoms with E-state index in [0.29, 0.717) is 0 Å². The highest BCUT2D eigenvalue weighted by molar-refractivity contribution is 9.08. The fourth-order valence-corrected chi connectivity index (χ4v) is 1.22. The second-order valence-electron chi connectivity index (χ2n) is 2.54. The van der Waals surface area contributed by atoms with Gasteiger partial charge in [-0.05, 0) is 25.5 Å². The van der Waals surface area contributed by atoms with E-state index in [-0.39, 0.29) is 0 Å². The van der Waals surface area contributed by atoms with Crippen molar-refractivity contribution in [3.05, 3.63) is 29.3 Å². The van der Waals surface area contributed by atoms with Crippen LogP contribution in [0.1, 0.15) is 11.1 Å². The molecule has 0 aliphatic rings. The number of hydrogen-bond donors (Lipinski definition) is 2. The van der Waals surface area contributed by atoms with Crippen molar-refractivity contribution in [2.24, 2.45) is 0 Å². The molecule has 0 spiro atoms. The molecule has 0 amide bonds. The van der Waals surface area contributed by atoms with Gasteiger partial charge >= 0.3 is 0 Å². The predicted molar refractivity (Wildman–Crippen MR) is 51.6 cm³/mol. The van der Waals surface area contributed by atoms with Gasteiger partial charge in [-0.1, -0.05) is 17.7 Å². The molecule has 1 rings (SSSR count). The summed E-state index contributed by atoms with van der Waals surface area (Å²) in [5.74, 6) is 0. The molecule has 0 fully saturated rings. The van der Waals surface area contributed by atoms with Gasteiger partial charge in [-0.25, -0.2) is 0 Å². The van der Waals surface area contributed by atoms with E-state index in [0.717, 1.165) is 5.69 Å². The third-order valence-corrected chi connectivity index (χ3v) is 1.76. The Kier molecular flexibility index (Phi) is 2.91. The molecular formula is C8H11BrN2. The lowest BCUT2D eigenvalue weighted by molar-refractivity contribution is 1.22. The minimum absolute atomic E-state index is 1.09. The first-order chi connectivity index (χ1) is 5.24. The lowest BCUT2D eigenvalue weighted by Crippen LogP contribution is -2.08. The van der Waals surface area contributed by atoms with Gasteiger partial charge in [0, 0.05) is 16.1 Å². The lowest BCUT2D eigenvalue weighted by atomic mass is 10.1. The molecule has 11 heavy (non-hydrogen) atoms. The number of nitrogens with one attached hydrogen (secondary N) is 2. The molecule has 2 N–H and O–H groups in total. The zero-order valence-corrected chi connectivity index (χ0v) is 8.20. The van der Waals surface area contributed by atoms with E-state index in [9.17, 15) is 0 Å². The molecule has 0 bridgehead atoms. The first-order valence-electron chi connectivity index (χ1n) is 3.43. The third-order valence-electron chi connectivity index (χ3n) is 1.56. The summed E-state index contributed by atoms with van der Waals surface area (Å²) >= 11 is 3.08. The second kappa shape index (κ2) is 3.74. The number of benzene rings is 1. The summed E-state index contributed by atoms with van der Waals surface area (Å²) in [6.45, 7) is 4.15. The fourth-order valence-electron chi connectivity index (χ4n) is 1.00. The Morgan fingerprint density at radius 3 is 2.55 bits per heavy atom. The van der Waals surface area contributed by atoms with Gasteiger partial charge in [0.2, 0.25) is 0 Å². The normalized spacial score (nSPS) is 9.73. The van der Waals surface area contributed by atoms with Crippen LogP contribution in [0.15, 0.2) is 18.2 Å². The molecule has 0 heterocycles. The molecule has 3 heteroatoms. The Morgan fingerprint density at radius 1 is 1.27 bits per heavy atom. The Labute approximate surface area is 75.3 Å². The highest BCUT2D eigenvalue weighted by atomic mass is 79.9. The Balaban J connectivity index is 2.90. The van der Waals surface area contributed by atoms with E-state index in [1.807, 2.05) is 6.07 Å². The molecule has 0 atom stereocenters. The molecule has 1 aromatic carbocycles. The summed E-state index contributed by atoms with van der Waals surface area (Å²) in [5, 5.41) is 0. The van der Waals surface area contributed by atoms with Crippen LogP contribution in [0.4, 0.5) is 5.69 Å². The van der Waals surface area contributed by atoms with Crippen molar-refractivity contribution in [2.75, 3.05) is 5.43 Å². The van der Waals surface area contributed by atoms with Crippen LogP contribution in [-0.2, 0) is 0 Å². The van der Waals surface area contributed by atoms with Crippen molar-refractivity contribution in [2.45, 2.75) is 13.8 Å². The Hall–Kier alpha value is -0.540. The van der Waals surface area contributed by atoms with Crippen molar-refractivity contribution < 1.29 is 0 Å². The van der Waals surface area contributed by atoms with Gasteiger partial charge in [-0.2, -0.15) is 4.45 Å². The monoisotopic (exact) mass is 214 g/mol. The molecular weight excluding hydrogens is 204 g/mol. The SMILES string of the molecule is Cc1ccc(NNBr)c(C)c1. The standard InChI is InChI=1S/C8H11BrN2/c1-6-3-4-8(10-11-9)7(2)5-6/h3-5,10-11H,1-2H3. The molecule has 0 unspecified atom stereocenters. The van der Waals surface area contributed by atoms with Crippen molar-refractivity contribution in [3.63, 3.8) is 0 Å². The maximum atomic E-state index is 3.08. The van der Waals surface area contributed by atoms with Gasteiger partial charge in [0.25, 0.3) is 0 Å². The van der Waals surface area contributed by atoms with Crippen LogP contribution < -0.4 is 9.88 Å². The summed E-state index contributed by atoms with van der Waals surface area (Å²) in [7, 11) is 0. The largest absolute Gasteiger partial charge is 0.311 e. The second-order valence-corrected chi connectivity index (χ2v) is 2.93. The minimum atomic E-state index is 1.09. The van der Waals surface area contributed by atoms with E-state index < -0.39 is 0 Å². The summed E-state index contributed by atoms with van der Waals surface area (Å²) in [6.07, 6.45) is 0. The number of aryl methyl sites for hydroxylation is 2. The highest BCUT2D eigenvalue weighted by Crippen LogP contribution is 2.14. The highest BCUT2D eigenvalue weighted by Gasteiger charge is 1.94. The molecule has 0 radical (unpaired) electrons. The average molecular weight is 215 g/mol. The molecule has 0 aliphatic carbocycles. The number of anilines is 1. The predicted octanol–water partition coefficient (Wildman–Crippen LogP) is 2.53. The molecule has 0 aliphatic heterocycles. The zero-order chi connectivity index (χ0) is 8.27. The van der Waals surface area contributed by atoms with Crippen LogP contribution in [0.5, 0.6) is 0 Å². The molecule has 60 valence electrons. The van der Waals surface area contributed by atoms with Gasteiger partial charge in [0.15, 0.2) is 0 Å². The van der Waals surface area contributed by atoms with Crippen molar-refractivity contribution in [1.82, 2.24) is 4.45 Å². The van der Waals surface area contributed by atoms with Gasteiger partial charge < -0.3 is 5.43 Å². The van der Waals surface area contributed by atoms with E-state index in [4.69, 9.17) is 0 Å². The third kappa shape index (κ3) is 2.20. The Morgan fingerprint density at radius 2 is 2.00 bits per heavy atom. The lowest BCUT2D eigenvalue weighted by Gasteiger charge is -2.06. The van der Waals surface area contributed by atoms with Crippen LogP contribution in [-0.4, -0.2) is 0 Å². The summed E-state index contributed by atoms with van der Waals surface area (Å²) in [4.78, 5) is 0. The van der Waals surface area contributed by atoms with Crippen LogP contribution in [0.3, 0.4) is 0 Å². The topological polar surface area (TPSA) is 24.1 Å². The molecule has 0 aromatic heterocycles. The smallest absolute Gasteiger partial charge is 0.0525 e. The number of hydrazine groups is 1. The first kappa shape index (κ1) is 8.56. The van der Waals surface area contributed by atoms with Crippen molar-refractivity contribution >= 4 is 21.8 Å². The number of halogens is 1.